The summed E-state index contributed by atoms with van der Waals surface area (Å²) in [4.78, 5) is 0. The topological polar surface area (TPSA) is 0 Å². The van der Waals surface area contributed by atoms with Crippen LogP contribution in [-0.2, 0) is 0 Å². The van der Waals surface area contributed by atoms with Crippen molar-refractivity contribution >= 4 is 5.57 Å². The molecule has 0 radical (unpaired) electrons. The molecule has 0 aromatic heterocycles. The molecule has 0 spiro atoms. The highest BCUT2D eigenvalue weighted by Crippen LogP contribution is 2.25. The third-order valence-electron chi connectivity index (χ3n) is 3.73. The van der Waals surface area contributed by atoms with Crippen LogP contribution < -0.4 is 0 Å². The maximum atomic E-state index is 3.85. The van der Waals surface area contributed by atoms with E-state index in [1.165, 1.54) is 42.4 Å². The number of benzene rings is 1. The molecule has 0 N–H and O–H groups in total. The van der Waals surface area contributed by atoms with E-state index in [1.807, 2.05) is 6.08 Å². The van der Waals surface area contributed by atoms with Crippen LogP contribution in [0.2, 0.25) is 0 Å². The Hall–Kier alpha value is -1.30. The van der Waals surface area contributed by atoms with Crippen molar-refractivity contribution in [3.63, 3.8) is 0 Å². The third-order valence-corrected chi connectivity index (χ3v) is 3.73. The van der Waals surface area contributed by atoms with Gasteiger partial charge < -0.3 is 0 Å². The predicted octanol–water partition coefficient (Wildman–Crippen LogP) is 6.17. The highest BCUT2D eigenvalue weighted by Gasteiger charge is 2.06. The van der Waals surface area contributed by atoms with Crippen LogP contribution >= 0.6 is 0 Å². The van der Waals surface area contributed by atoms with Crippen LogP contribution in [0.15, 0.2) is 43.0 Å². The lowest BCUT2D eigenvalue weighted by atomic mass is 9.93. The van der Waals surface area contributed by atoms with Crippen LogP contribution in [0.4, 0.5) is 0 Å². The van der Waals surface area contributed by atoms with Crippen molar-refractivity contribution in [1.82, 2.24) is 0 Å². The van der Waals surface area contributed by atoms with Gasteiger partial charge in [0.1, 0.15) is 0 Å². The van der Waals surface area contributed by atoms with Crippen LogP contribution in [0.25, 0.3) is 5.57 Å². The van der Waals surface area contributed by atoms with E-state index < -0.39 is 0 Å². The molecule has 0 saturated carbocycles. The van der Waals surface area contributed by atoms with Crippen molar-refractivity contribution in [3.05, 3.63) is 54.1 Å². The monoisotopic (exact) mass is 256 g/mol. The predicted molar refractivity (Wildman–Crippen MR) is 87.3 cm³/mol. The second-order valence-electron chi connectivity index (χ2n) is 5.53. The van der Waals surface area contributed by atoms with E-state index in [4.69, 9.17) is 0 Å². The maximum Gasteiger partial charge on any atom is -0.0195 e. The standard InChI is InChI=1S/C19H28/c1-5-10-16(3)12-9-14-18(11-6-2)19-15-8-7-13-17(19)4/h6-8,11,13,15-16H,2,5,9-10,12,14H2,1,3-4H3/b18-11-. The number of aryl methyl sites for hydroxylation is 1. The molecule has 0 heterocycles. The van der Waals surface area contributed by atoms with Gasteiger partial charge in [-0.1, -0.05) is 76.1 Å². The summed E-state index contributed by atoms with van der Waals surface area (Å²) in [5.41, 5.74) is 4.17. The molecule has 1 unspecified atom stereocenters. The van der Waals surface area contributed by atoms with Gasteiger partial charge >= 0.3 is 0 Å². The smallest absolute Gasteiger partial charge is 0.0195 e. The van der Waals surface area contributed by atoms with Gasteiger partial charge in [0.25, 0.3) is 0 Å². The molecule has 0 aliphatic carbocycles. The van der Waals surface area contributed by atoms with Crippen molar-refractivity contribution < 1.29 is 0 Å². The van der Waals surface area contributed by atoms with Gasteiger partial charge in [0.05, 0.1) is 0 Å². The number of hydrogen-bond donors (Lipinski definition) is 0. The summed E-state index contributed by atoms with van der Waals surface area (Å²) in [6.07, 6.45) is 10.5. The van der Waals surface area contributed by atoms with Crippen molar-refractivity contribution in [2.45, 2.75) is 52.9 Å². The summed E-state index contributed by atoms with van der Waals surface area (Å²) in [6, 6.07) is 8.64. The van der Waals surface area contributed by atoms with Crippen LogP contribution in [-0.4, -0.2) is 0 Å². The Morgan fingerprint density at radius 3 is 2.63 bits per heavy atom. The second kappa shape index (κ2) is 8.74. The summed E-state index contributed by atoms with van der Waals surface area (Å²) in [5, 5.41) is 0. The van der Waals surface area contributed by atoms with Crippen molar-refractivity contribution in [2.75, 3.05) is 0 Å². The minimum Gasteiger partial charge on any atom is -0.0991 e. The molecule has 0 aliphatic heterocycles. The molecule has 0 aliphatic rings. The molecule has 1 atom stereocenters. The molecule has 0 amide bonds. The molecule has 1 aromatic carbocycles. The van der Waals surface area contributed by atoms with Gasteiger partial charge in [-0.05, 0) is 42.4 Å². The van der Waals surface area contributed by atoms with Crippen molar-refractivity contribution in [3.8, 4) is 0 Å². The van der Waals surface area contributed by atoms with Gasteiger partial charge in [0, 0.05) is 0 Å². The number of rotatable bonds is 8. The largest absolute Gasteiger partial charge is 0.0991 e. The van der Waals surface area contributed by atoms with Crippen LogP contribution in [0.1, 0.15) is 57.1 Å². The molecule has 19 heavy (non-hydrogen) atoms. The van der Waals surface area contributed by atoms with Gasteiger partial charge in [-0.2, -0.15) is 0 Å². The van der Waals surface area contributed by atoms with E-state index in [0.29, 0.717) is 0 Å². The van der Waals surface area contributed by atoms with Crippen LogP contribution in [0.3, 0.4) is 0 Å². The molecule has 0 heteroatoms. The SMILES string of the molecule is C=C/C=C(/CCCC(C)CCC)c1ccccc1C. The molecular formula is C19H28. The lowest BCUT2D eigenvalue weighted by Crippen LogP contribution is -1.95. The molecular weight excluding hydrogens is 228 g/mol. The van der Waals surface area contributed by atoms with Gasteiger partial charge in [-0.15, -0.1) is 0 Å². The van der Waals surface area contributed by atoms with Gasteiger partial charge in [-0.3, -0.25) is 0 Å². The third kappa shape index (κ3) is 5.46. The fraction of sp³-hybridized carbons (Fsp3) is 0.474. The first-order valence-electron chi connectivity index (χ1n) is 7.56. The quantitative estimate of drug-likeness (QED) is 0.488. The van der Waals surface area contributed by atoms with E-state index in [2.05, 4.69) is 57.7 Å². The lowest BCUT2D eigenvalue weighted by molar-refractivity contribution is 0.473. The summed E-state index contributed by atoms with van der Waals surface area (Å²) >= 11 is 0. The fourth-order valence-electron chi connectivity index (χ4n) is 2.66. The molecule has 0 saturated heterocycles. The van der Waals surface area contributed by atoms with E-state index in [-0.39, 0.29) is 0 Å². The molecule has 1 aromatic rings. The van der Waals surface area contributed by atoms with E-state index >= 15 is 0 Å². The minimum absolute atomic E-state index is 0.854. The van der Waals surface area contributed by atoms with E-state index in [9.17, 15) is 0 Å². The lowest BCUT2D eigenvalue weighted by Gasteiger charge is -2.13. The Bertz CT molecular complexity index is 412. The zero-order valence-electron chi connectivity index (χ0n) is 12.8. The summed E-state index contributed by atoms with van der Waals surface area (Å²) in [7, 11) is 0. The molecule has 104 valence electrons. The van der Waals surface area contributed by atoms with Crippen molar-refractivity contribution in [1.29, 1.82) is 0 Å². The molecule has 1 rings (SSSR count). The highest BCUT2D eigenvalue weighted by atomic mass is 14.1. The van der Waals surface area contributed by atoms with Crippen LogP contribution in [0, 0.1) is 12.8 Å². The Morgan fingerprint density at radius 2 is 2.00 bits per heavy atom. The highest BCUT2D eigenvalue weighted by molar-refractivity contribution is 5.69. The van der Waals surface area contributed by atoms with E-state index in [1.54, 1.807) is 0 Å². The first-order chi connectivity index (χ1) is 9.19. The molecule has 0 nitrogen and oxygen atoms in total. The minimum atomic E-state index is 0.854. The van der Waals surface area contributed by atoms with Gasteiger partial charge in [-0.25, -0.2) is 0 Å². The first kappa shape index (κ1) is 15.8. The Labute approximate surface area is 119 Å². The van der Waals surface area contributed by atoms with Gasteiger partial charge in [0.2, 0.25) is 0 Å². The number of hydrogen-bond acceptors (Lipinski definition) is 0. The Morgan fingerprint density at radius 1 is 1.26 bits per heavy atom. The molecule has 0 fully saturated rings. The van der Waals surface area contributed by atoms with E-state index in [0.717, 1.165) is 12.3 Å². The number of allylic oxidation sites excluding steroid dienone is 3. The van der Waals surface area contributed by atoms with Crippen LogP contribution in [0.5, 0.6) is 0 Å². The zero-order chi connectivity index (χ0) is 14.1. The average molecular weight is 256 g/mol. The molecule has 0 bridgehead atoms. The normalized spacial score (nSPS) is 13.3. The Kier molecular flexibility index (Phi) is 7.25. The van der Waals surface area contributed by atoms with Crippen molar-refractivity contribution in [2.24, 2.45) is 5.92 Å². The summed E-state index contributed by atoms with van der Waals surface area (Å²) < 4.78 is 0. The fourth-order valence-corrected chi connectivity index (χ4v) is 2.66. The second-order valence-corrected chi connectivity index (χ2v) is 5.53. The maximum absolute atomic E-state index is 3.85. The van der Waals surface area contributed by atoms with Gasteiger partial charge in [0.15, 0.2) is 0 Å². The zero-order valence-corrected chi connectivity index (χ0v) is 12.8. The summed E-state index contributed by atoms with van der Waals surface area (Å²) in [6.45, 7) is 10.7. The Balaban J connectivity index is 2.63. The average Bonchev–Trinajstić information content (AvgIpc) is 2.39. The first-order valence-corrected chi connectivity index (χ1v) is 7.56. The summed E-state index contributed by atoms with van der Waals surface area (Å²) in [5.74, 6) is 0.854.